The van der Waals surface area contributed by atoms with E-state index in [4.69, 9.17) is 4.74 Å². The van der Waals surface area contributed by atoms with Crippen LogP contribution in [0.4, 0.5) is 4.39 Å². The number of amides is 1. The average molecular weight is 267 g/mol. The summed E-state index contributed by atoms with van der Waals surface area (Å²) in [7, 11) is 1.46. The third-order valence-electron chi connectivity index (χ3n) is 3.25. The summed E-state index contributed by atoms with van der Waals surface area (Å²) in [5.74, 6) is 0.00117. The molecule has 2 unspecified atom stereocenters. The molecule has 0 aliphatic heterocycles. The molecular weight excluding hydrogens is 245 g/mol. The lowest BCUT2D eigenvalue weighted by Crippen LogP contribution is -2.34. The van der Waals surface area contributed by atoms with Gasteiger partial charge in [-0.05, 0) is 31.4 Å². The minimum Gasteiger partial charge on any atom is -0.497 e. The molecule has 19 heavy (non-hydrogen) atoms. The summed E-state index contributed by atoms with van der Waals surface area (Å²) in [6, 6.07) is 4.27. The topological polar surface area (TPSA) is 38.3 Å². The van der Waals surface area contributed by atoms with Crippen LogP contribution in [0.5, 0.6) is 5.75 Å². The van der Waals surface area contributed by atoms with Gasteiger partial charge >= 0.3 is 0 Å². The molecule has 1 aromatic rings. The van der Waals surface area contributed by atoms with E-state index < -0.39 is 5.82 Å². The summed E-state index contributed by atoms with van der Waals surface area (Å²) >= 11 is 0. The largest absolute Gasteiger partial charge is 0.497 e. The van der Waals surface area contributed by atoms with E-state index in [0.29, 0.717) is 11.7 Å². The van der Waals surface area contributed by atoms with Gasteiger partial charge < -0.3 is 10.1 Å². The lowest BCUT2D eigenvalue weighted by molar-refractivity contribution is 0.0931. The molecule has 0 heterocycles. The summed E-state index contributed by atoms with van der Waals surface area (Å²) in [6.45, 7) is 6.18. The first kappa shape index (κ1) is 15.5. The number of nitrogens with one attached hydrogen (secondary N) is 1. The van der Waals surface area contributed by atoms with E-state index >= 15 is 0 Å². The highest BCUT2D eigenvalue weighted by Gasteiger charge is 2.15. The first-order chi connectivity index (χ1) is 8.97. The number of ether oxygens (including phenoxy) is 1. The zero-order valence-electron chi connectivity index (χ0n) is 12.0. The number of rotatable bonds is 6. The van der Waals surface area contributed by atoms with Gasteiger partial charge in [0.25, 0.3) is 5.91 Å². The van der Waals surface area contributed by atoms with Gasteiger partial charge in [-0.3, -0.25) is 4.79 Å². The standard InChI is InChI=1S/C15H22FNO2/c1-5-10(2)8-11(3)17-15(18)13-7-6-12(19-4)9-14(13)16/h6-7,9-11H,5,8H2,1-4H3,(H,17,18). The molecule has 0 aliphatic rings. The van der Waals surface area contributed by atoms with Crippen LogP contribution in [0.3, 0.4) is 0 Å². The van der Waals surface area contributed by atoms with E-state index in [1.165, 1.54) is 19.2 Å². The van der Waals surface area contributed by atoms with Crippen LogP contribution in [-0.2, 0) is 0 Å². The van der Waals surface area contributed by atoms with Gasteiger partial charge in [-0.15, -0.1) is 0 Å². The Morgan fingerprint density at radius 2 is 2.11 bits per heavy atom. The van der Waals surface area contributed by atoms with Crippen molar-refractivity contribution in [2.24, 2.45) is 5.92 Å². The Bertz CT molecular complexity index is 434. The van der Waals surface area contributed by atoms with Crippen LogP contribution in [0.15, 0.2) is 18.2 Å². The highest BCUT2D eigenvalue weighted by molar-refractivity contribution is 5.94. The lowest BCUT2D eigenvalue weighted by atomic mass is 10.00. The first-order valence-corrected chi connectivity index (χ1v) is 6.62. The van der Waals surface area contributed by atoms with Gasteiger partial charge in [0.15, 0.2) is 0 Å². The maximum absolute atomic E-state index is 13.7. The van der Waals surface area contributed by atoms with Crippen molar-refractivity contribution in [2.75, 3.05) is 7.11 Å². The number of hydrogen-bond acceptors (Lipinski definition) is 2. The second kappa shape index (κ2) is 7.12. The Kier molecular flexibility index (Phi) is 5.80. The van der Waals surface area contributed by atoms with E-state index in [-0.39, 0.29) is 17.5 Å². The zero-order valence-corrected chi connectivity index (χ0v) is 12.0. The number of halogens is 1. The summed E-state index contributed by atoms with van der Waals surface area (Å²) in [5.41, 5.74) is 0.0526. The molecule has 4 heteroatoms. The number of methoxy groups -OCH3 is 1. The van der Waals surface area contributed by atoms with Gasteiger partial charge in [0.1, 0.15) is 11.6 Å². The third kappa shape index (κ3) is 4.54. The zero-order chi connectivity index (χ0) is 14.4. The number of carbonyl (C=O) groups is 1. The second-order valence-corrected chi connectivity index (χ2v) is 4.97. The molecule has 0 saturated heterocycles. The van der Waals surface area contributed by atoms with E-state index in [1.807, 2.05) is 6.92 Å². The van der Waals surface area contributed by atoms with Gasteiger partial charge in [0, 0.05) is 12.1 Å². The Labute approximate surface area is 114 Å². The SMILES string of the molecule is CCC(C)CC(C)NC(=O)c1ccc(OC)cc1F. The van der Waals surface area contributed by atoms with Gasteiger partial charge in [-0.25, -0.2) is 4.39 Å². The van der Waals surface area contributed by atoms with Crippen molar-refractivity contribution >= 4 is 5.91 Å². The molecule has 106 valence electrons. The quantitative estimate of drug-likeness (QED) is 0.858. The molecule has 1 N–H and O–H groups in total. The predicted molar refractivity (Wildman–Crippen MR) is 74.0 cm³/mol. The van der Waals surface area contributed by atoms with E-state index in [0.717, 1.165) is 12.8 Å². The molecule has 2 atom stereocenters. The first-order valence-electron chi connectivity index (χ1n) is 6.62. The van der Waals surface area contributed by atoms with Crippen molar-refractivity contribution in [3.8, 4) is 5.75 Å². The Morgan fingerprint density at radius 3 is 2.63 bits per heavy atom. The number of carbonyl (C=O) groups excluding carboxylic acids is 1. The minimum atomic E-state index is -0.562. The van der Waals surface area contributed by atoms with Crippen molar-refractivity contribution < 1.29 is 13.9 Å². The van der Waals surface area contributed by atoms with Crippen molar-refractivity contribution in [1.29, 1.82) is 0 Å². The molecule has 0 fully saturated rings. The highest BCUT2D eigenvalue weighted by atomic mass is 19.1. The molecule has 0 radical (unpaired) electrons. The van der Waals surface area contributed by atoms with Crippen LogP contribution in [0.2, 0.25) is 0 Å². The fourth-order valence-corrected chi connectivity index (χ4v) is 1.94. The molecule has 1 aromatic carbocycles. The maximum Gasteiger partial charge on any atom is 0.254 e. The van der Waals surface area contributed by atoms with Crippen molar-refractivity contribution in [2.45, 2.75) is 39.7 Å². The van der Waals surface area contributed by atoms with E-state index in [9.17, 15) is 9.18 Å². The van der Waals surface area contributed by atoms with Crippen LogP contribution >= 0.6 is 0 Å². The number of benzene rings is 1. The maximum atomic E-state index is 13.7. The second-order valence-electron chi connectivity index (χ2n) is 4.97. The monoisotopic (exact) mass is 267 g/mol. The fraction of sp³-hybridized carbons (Fsp3) is 0.533. The van der Waals surface area contributed by atoms with Crippen LogP contribution in [0, 0.1) is 11.7 Å². The van der Waals surface area contributed by atoms with Crippen LogP contribution in [-0.4, -0.2) is 19.1 Å². The molecule has 1 amide bonds. The van der Waals surface area contributed by atoms with Crippen molar-refractivity contribution in [1.82, 2.24) is 5.32 Å². The third-order valence-corrected chi connectivity index (χ3v) is 3.25. The smallest absolute Gasteiger partial charge is 0.254 e. The molecule has 0 aliphatic carbocycles. The lowest BCUT2D eigenvalue weighted by Gasteiger charge is -2.17. The van der Waals surface area contributed by atoms with Gasteiger partial charge in [-0.2, -0.15) is 0 Å². The van der Waals surface area contributed by atoms with Gasteiger partial charge in [0.05, 0.1) is 12.7 Å². The van der Waals surface area contributed by atoms with Crippen LogP contribution in [0.25, 0.3) is 0 Å². The molecule has 0 spiro atoms. The normalized spacial score (nSPS) is 13.7. The number of hydrogen-bond donors (Lipinski definition) is 1. The summed E-state index contributed by atoms with van der Waals surface area (Å²) in [6.07, 6.45) is 1.96. The van der Waals surface area contributed by atoms with Crippen LogP contribution in [0.1, 0.15) is 44.0 Å². The molecular formula is C15H22FNO2. The Morgan fingerprint density at radius 1 is 1.42 bits per heavy atom. The summed E-state index contributed by atoms with van der Waals surface area (Å²) in [5, 5.41) is 2.82. The molecule has 3 nitrogen and oxygen atoms in total. The predicted octanol–water partition coefficient (Wildman–Crippen LogP) is 3.39. The van der Waals surface area contributed by atoms with Gasteiger partial charge in [-0.1, -0.05) is 20.3 Å². The summed E-state index contributed by atoms with van der Waals surface area (Å²) < 4.78 is 18.6. The Hall–Kier alpha value is -1.58. The van der Waals surface area contributed by atoms with E-state index in [1.54, 1.807) is 6.07 Å². The Balaban J connectivity index is 2.68. The molecule has 0 saturated carbocycles. The summed E-state index contributed by atoms with van der Waals surface area (Å²) in [4.78, 5) is 12.0. The minimum absolute atomic E-state index is 0.0314. The molecule has 0 aromatic heterocycles. The average Bonchev–Trinajstić information content (AvgIpc) is 2.37. The molecule has 1 rings (SSSR count). The van der Waals surface area contributed by atoms with Crippen molar-refractivity contribution in [3.05, 3.63) is 29.6 Å². The highest BCUT2D eigenvalue weighted by Crippen LogP contribution is 2.17. The van der Waals surface area contributed by atoms with Gasteiger partial charge in [0.2, 0.25) is 0 Å². The van der Waals surface area contributed by atoms with Crippen molar-refractivity contribution in [3.63, 3.8) is 0 Å². The molecule has 0 bridgehead atoms. The van der Waals surface area contributed by atoms with Crippen LogP contribution < -0.4 is 10.1 Å². The fourth-order valence-electron chi connectivity index (χ4n) is 1.94. The van der Waals surface area contributed by atoms with E-state index in [2.05, 4.69) is 19.2 Å².